The Morgan fingerprint density at radius 3 is 2.33 bits per heavy atom. The number of hydrazine groups is 1. The second-order valence-corrected chi connectivity index (χ2v) is 6.67. The first kappa shape index (κ1) is 13.2. The highest BCUT2D eigenvalue weighted by Gasteiger charge is 2.40. The number of nitrogens with two attached hydrogens (primary N) is 1. The first-order chi connectivity index (χ1) is 8.35. The van der Waals surface area contributed by atoms with Gasteiger partial charge in [-0.25, -0.2) is 29.0 Å². The number of hydrogen-bond acceptors (Lipinski definition) is 6. The van der Waals surface area contributed by atoms with Gasteiger partial charge in [-0.05, 0) is 32.6 Å². The van der Waals surface area contributed by atoms with Gasteiger partial charge in [0.1, 0.15) is 4.90 Å². The summed E-state index contributed by atoms with van der Waals surface area (Å²) in [5.41, 5.74) is 1.80. The molecule has 0 atom stereocenters. The summed E-state index contributed by atoms with van der Waals surface area (Å²) in [4.78, 5) is 7.61. The molecule has 1 aromatic rings. The molecule has 1 aromatic heterocycles. The minimum atomic E-state index is -3.59. The number of sulfonamides is 1. The van der Waals surface area contributed by atoms with E-state index < -0.39 is 15.6 Å². The Labute approximate surface area is 106 Å². The number of hydrogen-bond donors (Lipinski definition) is 3. The van der Waals surface area contributed by atoms with E-state index in [2.05, 4.69) is 20.1 Å². The van der Waals surface area contributed by atoms with Crippen LogP contribution in [-0.2, 0) is 10.0 Å². The van der Waals surface area contributed by atoms with Crippen LogP contribution in [0.4, 0.5) is 5.95 Å². The molecule has 1 saturated carbocycles. The molecule has 4 N–H and O–H groups in total. The van der Waals surface area contributed by atoms with E-state index in [0.29, 0.717) is 5.92 Å². The van der Waals surface area contributed by atoms with E-state index in [9.17, 15) is 8.42 Å². The summed E-state index contributed by atoms with van der Waals surface area (Å²) in [6.45, 7) is 3.78. The monoisotopic (exact) mass is 271 g/mol. The van der Waals surface area contributed by atoms with Crippen LogP contribution in [0.5, 0.6) is 0 Å². The fraction of sp³-hybridized carbons (Fsp3) is 0.600. The van der Waals surface area contributed by atoms with Crippen LogP contribution in [0.3, 0.4) is 0 Å². The van der Waals surface area contributed by atoms with E-state index in [1.165, 1.54) is 12.4 Å². The zero-order valence-electron chi connectivity index (χ0n) is 10.3. The highest BCUT2D eigenvalue weighted by atomic mass is 32.2. The molecule has 18 heavy (non-hydrogen) atoms. The number of aromatic nitrogens is 2. The number of anilines is 1. The second kappa shape index (κ2) is 4.45. The van der Waals surface area contributed by atoms with Crippen LogP contribution >= 0.6 is 0 Å². The molecule has 1 aliphatic carbocycles. The summed E-state index contributed by atoms with van der Waals surface area (Å²) in [7, 11) is -3.59. The van der Waals surface area contributed by atoms with Crippen molar-refractivity contribution >= 4 is 16.0 Å². The van der Waals surface area contributed by atoms with Gasteiger partial charge in [-0.3, -0.25) is 5.43 Å². The average Bonchev–Trinajstić information content (AvgIpc) is 3.12. The van der Waals surface area contributed by atoms with Gasteiger partial charge < -0.3 is 0 Å². The van der Waals surface area contributed by atoms with E-state index in [1.54, 1.807) is 0 Å². The molecule has 0 saturated heterocycles. The Bertz CT molecular complexity index is 522. The predicted octanol–water partition coefficient (Wildman–Crippen LogP) is 0.229. The minimum absolute atomic E-state index is 0.0372. The Morgan fingerprint density at radius 1 is 1.33 bits per heavy atom. The molecular formula is C10H17N5O2S. The third kappa shape index (κ3) is 2.77. The number of nitrogens with one attached hydrogen (secondary N) is 2. The first-order valence-electron chi connectivity index (χ1n) is 5.68. The SMILES string of the molecule is CC(C)(NS(=O)(=O)c1cnc(NN)nc1)C1CC1. The van der Waals surface area contributed by atoms with Crippen molar-refractivity contribution in [1.82, 2.24) is 14.7 Å². The van der Waals surface area contributed by atoms with Crippen LogP contribution in [0.25, 0.3) is 0 Å². The van der Waals surface area contributed by atoms with Crippen LogP contribution in [0.1, 0.15) is 26.7 Å². The van der Waals surface area contributed by atoms with Crippen molar-refractivity contribution in [2.24, 2.45) is 11.8 Å². The number of nitrogen functional groups attached to an aromatic ring is 1. The quantitative estimate of drug-likeness (QED) is 0.522. The lowest BCUT2D eigenvalue weighted by atomic mass is 10.0. The summed E-state index contributed by atoms with van der Waals surface area (Å²) >= 11 is 0. The van der Waals surface area contributed by atoms with Gasteiger partial charge in [-0.2, -0.15) is 0 Å². The molecule has 0 unspecified atom stereocenters. The molecule has 0 aromatic carbocycles. The van der Waals surface area contributed by atoms with Gasteiger partial charge in [0, 0.05) is 5.54 Å². The van der Waals surface area contributed by atoms with Crippen LogP contribution in [0, 0.1) is 5.92 Å². The topological polar surface area (TPSA) is 110 Å². The van der Waals surface area contributed by atoms with Crippen molar-refractivity contribution in [1.29, 1.82) is 0 Å². The highest BCUT2D eigenvalue weighted by Crippen LogP contribution is 2.39. The predicted molar refractivity (Wildman–Crippen MR) is 67.0 cm³/mol. The van der Waals surface area contributed by atoms with Gasteiger partial charge >= 0.3 is 0 Å². The molecular weight excluding hydrogens is 254 g/mol. The lowest BCUT2D eigenvalue weighted by Gasteiger charge is -2.25. The summed E-state index contributed by atoms with van der Waals surface area (Å²) in [5.74, 6) is 5.70. The van der Waals surface area contributed by atoms with Crippen molar-refractivity contribution in [3.8, 4) is 0 Å². The van der Waals surface area contributed by atoms with Crippen molar-refractivity contribution in [2.45, 2.75) is 37.1 Å². The van der Waals surface area contributed by atoms with Crippen molar-refractivity contribution in [2.75, 3.05) is 5.43 Å². The van der Waals surface area contributed by atoms with Gasteiger partial charge in [0.25, 0.3) is 0 Å². The Morgan fingerprint density at radius 2 is 1.89 bits per heavy atom. The zero-order chi connectivity index (χ0) is 13.4. The van der Waals surface area contributed by atoms with E-state index in [4.69, 9.17) is 5.84 Å². The van der Waals surface area contributed by atoms with Gasteiger partial charge in [-0.1, -0.05) is 0 Å². The van der Waals surface area contributed by atoms with Crippen LogP contribution in [0.15, 0.2) is 17.3 Å². The fourth-order valence-corrected chi connectivity index (χ4v) is 3.18. The maximum Gasteiger partial charge on any atom is 0.244 e. The van der Waals surface area contributed by atoms with Crippen molar-refractivity contribution in [3.63, 3.8) is 0 Å². The minimum Gasteiger partial charge on any atom is -0.292 e. The molecule has 0 spiro atoms. The standard InChI is InChI=1S/C10H17N5O2S/c1-10(2,7-3-4-7)15-18(16,17)8-5-12-9(14-11)13-6-8/h5-7,15H,3-4,11H2,1-2H3,(H,12,13,14). The lowest BCUT2D eigenvalue weighted by Crippen LogP contribution is -2.45. The molecule has 0 bridgehead atoms. The Balaban J connectivity index is 2.19. The Hall–Kier alpha value is -1.25. The van der Waals surface area contributed by atoms with Crippen molar-refractivity contribution in [3.05, 3.63) is 12.4 Å². The molecule has 0 radical (unpaired) electrons. The molecule has 2 rings (SSSR count). The van der Waals surface area contributed by atoms with E-state index in [1.807, 2.05) is 13.8 Å². The third-order valence-corrected chi connectivity index (χ3v) is 4.69. The highest BCUT2D eigenvalue weighted by molar-refractivity contribution is 7.89. The normalized spacial score (nSPS) is 16.6. The smallest absolute Gasteiger partial charge is 0.244 e. The molecule has 100 valence electrons. The molecule has 8 heteroatoms. The van der Waals surface area contributed by atoms with Gasteiger partial charge in [0.05, 0.1) is 12.4 Å². The molecule has 1 fully saturated rings. The van der Waals surface area contributed by atoms with Crippen LogP contribution in [0.2, 0.25) is 0 Å². The summed E-state index contributed by atoms with van der Waals surface area (Å²) in [5, 5.41) is 0. The van der Waals surface area contributed by atoms with Crippen molar-refractivity contribution < 1.29 is 8.42 Å². The zero-order valence-corrected chi connectivity index (χ0v) is 11.2. The molecule has 1 heterocycles. The van der Waals surface area contributed by atoms with Gasteiger partial charge in [-0.15, -0.1) is 0 Å². The maximum atomic E-state index is 12.1. The molecule has 0 aliphatic heterocycles. The molecule has 1 aliphatic rings. The average molecular weight is 271 g/mol. The first-order valence-corrected chi connectivity index (χ1v) is 7.16. The van der Waals surface area contributed by atoms with Gasteiger partial charge in [0.15, 0.2) is 0 Å². The largest absolute Gasteiger partial charge is 0.292 e. The lowest BCUT2D eigenvalue weighted by molar-refractivity contribution is 0.400. The summed E-state index contributed by atoms with van der Waals surface area (Å²) < 4.78 is 27.0. The van der Waals surface area contributed by atoms with E-state index >= 15 is 0 Å². The third-order valence-electron chi connectivity index (χ3n) is 3.06. The fourth-order valence-electron chi connectivity index (χ4n) is 1.82. The Kier molecular flexibility index (Phi) is 3.26. The summed E-state index contributed by atoms with van der Waals surface area (Å²) in [6, 6.07) is 0. The molecule has 7 nitrogen and oxygen atoms in total. The van der Waals surface area contributed by atoms with E-state index in [0.717, 1.165) is 12.8 Å². The number of nitrogens with zero attached hydrogens (tertiary/aromatic N) is 2. The van der Waals surface area contributed by atoms with Gasteiger partial charge in [0.2, 0.25) is 16.0 Å². The second-order valence-electron chi connectivity index (χ2n) is 4.99. The number of rotatable bonds is 5. The van der Waals surface area contributed by atoms with Crippen LogP contribution in [-0.4, -0.2) is 23.9 Å². The van der Waals surface area contributed by atoms with Crippen LogP contribution < -0.4 is 16.0 Å². The van der Waals surface area contributed by atoms with E-state index in [-0.39, 0.29) is 10.8 Å². The maximum absolute atomic E-state index is 12.1. The summed E-state index contributed by atoms with van der Waals surface area (Å²) in [6.07, 6.45) is 4.57. The molecule has 0 amide bonds.